The van der Waals surface area contributed by atoms with Gasteiger partial charge in [-0.05, 0) is 18.4 Å². The number of hydrogen-bond acceptors (Lipinski definition) is 5. The van der Waals surface area contributed by atoms with Crippen LogP contribution in [0.15, 0.2) is 49.2 Å². The molecule has 0 radical (unpaired) electrons. The molecule has 0 spiro atoms. The summed E-state index contributed by atoms with van der Waals surface area (Å²) in [6.07, 6.45) is 3.53. The van der Waals surface area contributed by atoms with Crippen LogP contribution < -0.4 is 0 Å². The number of carbonyl (C=O) groups excluding carboxylic acids is 2. The Hall–Kier alpha value is -2.56. The first-order valence-electron chi connectivity index (χ1n) is 8.08. The Morgan fingerprint density at radius 2 is 2.08 bits per heavy atom. The van der Waals surface area contributed by atoms with Crippen LogP contribution >= 0.6 is 0 Å². The van der Waals surface area contributed by atoms with Crippen molar-refractivity contribution in [1.82, 2.24) is 0 Å². The van der Waals surface area contributed by atoms with E-state index in [4.69, 9.17) is 14.2 Å². The van der Waals surface area contributed by atoms with E-state index in [1.165, 1.54) is 12.3 Å². The van der Waals surface area contributed by atoms with Crippen LogP contribution in [0, 0.1) is 5.92 Å². The smallest absolute Gasteiger partial charge is 0.496 e. The average Bonchev–Trinajstić information content (AvgIpc) is 2.61. The molecule has 0 aromatic heterocycles. The summed E-state index contributed by atoms with van der Waals surface area (Å²) in [5.74, 6) is -0.0839. The lowest BCUT2D eigenvalue weighted by Gasteiger charge is -2.37. The number of ether oxygens (including phenoxy) is 3. The molecule has 3 atom stereocenters. The van der Waals surface area contributed by atoms with Crippen LogP contribution in [0.2, 0.25) is 0 Å². The summed E-state index contributed by atoms with van der Waals surface area (Å²) in [7, 11) is 0. The number of Topliss-reactive ketones (excluding diaryl/α,β-unsaturated/α-hetero) is 1. The lowest BCUT2D eigenvalue weighted by Crippen LogP contribution is -2.42. The molecule has 0 bridgehead atoms. The van der Waals surface area contributed by atoms with Crippen molar-refractivity contribution < 1.29 is 23.8 Å². The third-order valence-electron chi connectivity index (χ3n) is 4.37. The number of rotatable bonds is 4. The average molecular weight is 328 g/mol. The van der Waals surface area contributed by atoms with E-state index in [-0.39, 0.29) is 30.5 Å². The highest BCUT2D eigenvalue weighted by atomic mass is 16.7. The molecule has 1 fully saturated rings. The summed E-state index contributed by atoms with van der Waals surface area (Å²) in [5.41, 5.74) is 1.48. The molecule has 0 N–H and O–H groups in total. The van der Waals surface area contributed by atoms with Gasteiger partial charge in [0.1, 0.15) is 18.8 Å². The van der Waals surface area contributed by atoms with Gasteiger partial charge < -0.3 is 14.2 Å². The van der Waals surface area contributed by atoms with Crippen LogP contribution in [-0.4, -0.2) is 30.8 Å². The summed E-state index contributed by atoms with van der Waals surface area (Å²) in [6.45, 7) is 3.60. The first-order valence-corrected chi connectivity index (χ1v) is 8.08. The first kappa shape index (κ1) is 16.3. The lowest BCUT2D eigenvalue weighted by molar-refractivity contribution is -0.127. The van der Waals surface area contributed by atoms with Crippen LogP contribution in [-0.2, 0) is 19.0 Å². The van der Waals surface area contributed by atoms with Crippen molar-refractivity contribution in [2.45, 2.75) is 31.5 Å². The van der Waals surface area contributed by atoms with Gasteiger partial charge in [-0.3, -0.25) is 4.79 Å². The third-order valence-corrected chi connectivity index (χ3v) is 4.37. The van der Waals surface area contributed by atoms with E-state index in [1.54, 1.807) is 0 Å². The second-order valence-corrected chi connectivity index (χ2v) is 5.95. The van der Waals surface area contributed by atoms with Crippen molar-refractivity contribution in [3.63, 3.8) is 0 Å². The Bertz CT molecular complexity index is 649. The molecule has 1 saturated carbocycles. The van der Waals surface area contributed by atoms with Crippen molar-refractivity contribution in [2.24, 2.45) is 5.92 Å². The molecular weight excluding hydrogens is 308 g/mol. The van der Waals surface area contributed by atoms with Crippen LogP contribution in [0.1, 0.15) is 24.8 Å². The minimum absolute atomic E-state index is 0.102. The summed E-state index contributed by atoms with van der Waals surface area (Å²) >= 11 is 0. The molecule has 0 amide bonds. The van der Waals surface area contributed by atoms with Crippen molar-refractivity contribution in [3.8, 4) is 0 Å². The predicted octanol–water partition coefficient (Wildman–Crippen LogP) is 3.50. The predicted molar refractivity (Wildman–Crippen MR) is 88.1 cm³/mol. The summed E-state index contributed by atoms with van der Waals surface area (Å²) in [4.78, 5) is 24.3. The SMILES string of the molecule is C=CCOC(=O)OC1CCC2C(=O)C(c3ccccc3)=COC2C1. The van der Waals surface area contributed by atoms with Gasteiger partial charge in [-0.25, -0.2) is 4.79 Å². The summed E-state index contributed by atoms with van der Waals surface area (Å²) in [6, 6.07) is 9.51. The Balaban J connectivity index is 1.63. The van der Waals surface area contributed by atoms with Crippen LogP contribution in [0.5, 0.6) is 0 Å². The van der Waals surface area contributed by atoms with Crippen LogP contribution in [0.25, 0.3) is 5.57 Å². The van der Waals surface area contributed by atoms with E-state index in [0.717, 1.165) is 5.56 Å². The zero-order valence-electron chi connectivity index (χ0n) is 13.4. The highest BCUT2D eigenvalue weighted by molar-refractivity contribution is 6.22. The first-order chi connectivity index (χ1) is 11.7. The highest BCUT2D eigenvalue weighted by Crippen LogP contribution is 2.37. The number of allylic oxidation sites excluding steroid dienone is 1. The summed E-state index contributed by atoms with van der Waals surface area (Å²) < 4.78 is 15.9. The van der Waals surface area contributed by atoms with Crippen molar-refractivity contribution in [1.29, 1.82) is 0 Å². The van der Waals surface area contributed by atoms with Crippen LogP contribution in [0.4, 0.5) is 4.79 Å². The van der Waals surface area contributed by atoms with Gasteiger partial charge >= 0.3 is 6.16 Å². The van der Waals surface area contributed by atoms with Gasteiger partial charge in [-0.1, -0.05) is 43.0 Å². The number of benzene rings is 1. The molecule has 2 aliphatic rings. The Labute approximate surface area is 140 Å². The molecule has 1 aliphatic carbocycles. The lowest BCUT2D eigenvalue weighted by atomic mass is 9.78. The van der Waals surface area contributed by atoms with Crippen LogP contribution in [0.3, 0.4) is 0 Å². The molecule has 1 aromatic rings. The van der Waals surface area contributed by atoms with Gasteiger partial charge in [0.25, 0.3) is 0 Å². The maximum Gasteiger partial charge on any atom is 0.508 e. The molecule has 1 aromatic carbocycles. The largest absolute Gasteiger partial charge is 0.508 e. The van der Waals surface area contributed by atoms with E-state index in [0.29, 0.717) is 24.8 Å². The van der Waals surface area contributed by atoms with E-state index < -0.39 is 6.16 Å². The van der Waals surface area contributed by atoms with Gasteiger partial charge in [0, 0.05) is 6.42 Å². The molecule has 1 aliphatic heterocycles. The van der Waals surface area contributed by atoms with Gasteiger partial charge in [-0.15, -0.1) is 0 Å². The fourth-order valence-electron chi connectivity index (χ4n) is 3.19. The molecule has 5 nitrogen and oxygen atoms in total. The van der Waals surface area contributed by atoms with Crippen molar-refractivity contribution in [3.05, 3.63) is 54.8 Å². The minimum Gasteiger partial charge on any atom is -0.496 e. The number of fused-ring (bicyclic) bond motifs is 1. The van der Waals surface area contributed by atoms with E-state index in [9.17, 15) is 9.59 Å². The third kappa shape index (κ3) is 3.50. The van der Waals surface area contributed by atoms with Gasteiger partial charge in [0.2, 0.25) is 0 Å². The Morgan fingerprint density at radius 1 is 1.29 bits per heavy atom. The zero-order chi connectivity index (χ0) is 16.9. The fourth-order valence-corrected chi connectivity index (χ4v) is 3.19. The monoisotopic (exact) mass is 328 g/mol. The molecule has 3 rings (SSSR count). The second kappa shape index (κ2) is 7.34. The molecule has 126 valence electrons. The fraction of sp³-hybridized carbons (Fsp3) is 0.368. The van der Waals surface area contributed by atoms with E-state index >= 15 is 0 Å². The minimum atomic E-state index is -0.707. The molecule has 0 saturated heterocycles. The number of carbonyl (C=O) groups is 2. The quantitative estimate of drug-likeness (QED) is 0.625. The standard InChI is InChI=1S/C19H20O5/c1-2-10-22-19(21)24-14-8-9-15-17(11-14)23-12-16(18(15)20)13-6-4-3-5-7-13/h2-7,12,14-15,17H,1,8-11H2. The van der Waals surface area contributed by atoms with Crippen molar-refractivity contribution >= 4 is 17.5 Å². The Morgan fingerprint density at radius 3 is 2.83 bits per heavy atom. The molecule has 24 heavy (non-hydrogen) atoms. The molecule has 5 heteroatoms. The number of ketones is 1. The van der Waals surface area contributed by atoms with Crippen molar-refractivity contribution in [2.75, 3.05) is 6.61 Å². The maximum atomic E-state index is 12.7. The Kier molecular flexibility index (Phi) is 4.99. The molecule has 1 heterocycles. The normalized spacial score (nSPS) is 25.8. The molecular formula is C19H20O5. The summed E-state index contributed by atoms with van der Waals surface area (Å²) in [5, 5.41) is 0. The van der Waals surface area contributed by atoms with Gasteiger partial charge in [0.05, 0.1) is 17.8 Å². The van der Waals surface area contributed by atoms with E-state index in [2.05, 4.69) is 6.58 Å². The van der Waals surface area contributed by atoms with Gasteiger partial charge in [-0.2, -0.15) is 0 Å². The zero-order valence-corrected chi connectivity index (χ0v) is 13.4. The molecule has 3 unspecified atom stereocenters. The number of hydrogen-bond donors (Lipinski definition) is 0. The topological polar surface area (TPSA) is 61.8 Å². The van der Waals surface area contributed by atoms with Gasteiger partial charge in [0.15, 0.2) is 5.78 Å². The van der Waals surface area contributed by atoms with E-state index in [1.807, 2.05) is 30.3 Å². The maximum absolute atomic E-state index is 12.7. The highest BCUT2D eigenvalue weighted by Gasteiger charge is 2.41. The second-order valence-electron chi connectivity index (χ2n) is 5.95.